The van der Waals surface area contributed by atoms with Crippen LogP contribution in [0.25, 0.3) is 10.9 Å². The summed E-state index contributed by atoms with van der Waals surface area (Å²) in [6, 6.07) is 11.6. The molecular weight excluding hydrogens is 540 g/mol. The Balaban J connectivity index is 1.31. The Kier molecular flexibility index (Phi) is 8.28. The minimum atomic E-state index is -0.994. The summed E-state index contributed by atoms with van der Waals surface area (Å²) in [6.07, 6.45) is 0.912. The number of nitrogens with zero attached hydrogens (tertiary/aromatic N) is 1. The van der Waals surface area contributed by atoms with E-state index in [4.69, 9.17) is 9.47 Å². The summed E-state index contributed by atoms with van der Waals surface area (Å²) in [5.41, 5.74) is 2.27. The summed E-state index contributed by atoms with van der Waals surface area (Å²) in [7, 11) is 1.55. The van der Waals surface area contributed by atoms with Crippen LogP contribution in [0.5, 0.6) is 5.75 Å². The number of carbonyl (C=O) groups excluding carboxylic acids is 5. The number of esters is 1. The summed E-state index contributed by atoms with van der Waals surface area (Å²) in [6.45, 7) is 3.63. The normalized spacial score (nSPS) is 20.8. The van der Waals surface area contributed by atoms with Crippen LogP contribution in [0.2, 0.25) is 0 Å². The molecule has 2 aliphatic rings. The molecule has 0 aliphatic carbocycles. The van der Waals surface area contributed by atoms with Crippen LogP contribution in [0.3, 0.4) is 0 Å². The second kappa shape index (κ2) is 12.1. The lowest BCUT2D eigenvalue weighted by atomic mass is 9.94. The number of benzene rings is 2. The maximum atomic E-state index is 13.7. The second-order valence-electron chi connectivity index (χ2n) is 10.9. The Morgan fingerprint density at radius 1 is 1.12 bits per heavy atom. The SMILES string of the molecule is COc1cccc2[nH]c(C(=O)N[C@H]3CC(C)N([C@@H](C[C@@H]4CCNC4=O)C(=O)COC(=O)c4ccc(C)cc4)C3=O)cc12. The van der Waals surface area contributed by atoms with E-state index in [9.17, 15) is 24.0 Å². The van der Waals surface area contributed by atoms with E-state index in [0.717, 1.165) is 10.9 Å². The Labute approximate surface area is 242 Å². The van der Waals surface area contributed by atoms with E-state index in [2.05, 4.69) is 15.6 Å². The highest BCUT2D eigenvalue weighted by Crippen LogP contribution is 2.29. The Morgan fingerprint density at radius 3 is 2.57 bits per heavy atom. The molecular formula is C31H34N4O7. The van der Waals surface area contributed by atoms with Crippen LogP contribution in [0.15, 0.2) is 48.5 Å². The number of aromatic amines is 1. The van der Waals surface area contributed by atoms with Gasteiger partial charge >= 0.3 is 5.97 Å². The van der Waals surface area contributed by atoms with Crippen LogP contribution < -0.4 is 15.4 Å². The highest BCUT2D eigenvalue weighted by Gasteiger charge is 2.45. The summed E-state index contributed by atoms with van der Waals surface area (Å²) in [5, 5.41) is 6.30. The van der Waals surface area contributed by atoms with Crippen LogP contribution in [-0.4, -0.2) is 77.7 Å². The van der Waals surface area contributed by atoms with Crippen molar-refractivity contribution in [3.8, 4) is 5.75 Å². The first-order chi connectivity index (χ1) is 20.2. The molecule has 4 atom stereocenters. The minimum absolute atomic E-state index is 0.102. The Bertz CT molecular complexity index is 1530. The number of nitrogens with one attached hydrogen (secondary N) is 3. The van der Waals surface area contributed by atoms with Gasteiger partial charge in [0.25, 0.3) is 5.91 Å². The smallest absolute Gasteiger partial charge is 0.338 e. The Morgan fingerprint density at radius 2 is 1.88 bits per heavy atom. The van der Waals surface area contributed by atoms with E-state index in [1.165, 1.54) is 4.90 Å². The minimum Gasteiger partial charge on any atom is -0.496 e. The molecule has 11 nitrogen and oxygen atoms in total. The second-order valence-corrected chi connectivity index (χ2v) is 10.9. The van der Waals surface area contributed by atoms with Gasteiger partial charge < -0.3 is 30.0 Å². The quantitative estimate of drug-likeness (QED) is 0.315. The third-order valence-electron chi connectivity index (χ3n) is 8.01. The number of H-pyrrole nitrogens is 1. The van der Waals surface area contributed by atoms with Gasteiger partial charge in [-0.15, -0.1) is 0 Å². The molecule has 0 saturated carbocycles. The fourth-order valence-corrected chi connectivity index (χ4v) is 5.74. The first-order valence-electron chi connectivity index (χ1n) is 14.0. The number of ether oxygens (including phenoxy) is 2. The highest BCUT2D eigenvalue weighted by atomic mass is 16.5. The molecule has 3 heterocycles. The lowest BCUT2D eigenvalue weighted by molar-refractivity contribution is -0.141. The number of rotatable bonds is 10. The van der Waals surface area contributed by atoms with E-state index in [-0.39, 0.29) is 24.4 Å². The van der Waals surface area contributed by atoms with Crippen molar-refractivity contribution in [1.82, 2.24) is 20.5 Å². The van der Waals surface area contributed by atoms with Crippen LogP contribution >= 0.6 is 0 Å². The van der Waals surface area contributed by atoms with Crippen LogP contribution in [0.4, 0.5) is 0 Å². The molecule has 0 bridgehead atoms. The fraction of sp³-hybridized carbons (Fsp3) is 0.387. The lowest BCUT2D eigenvalue weighted by Crippen LogP contribution is -2.51. The first kappa shape index (κ1) is 28.8. The van der Waals surface area contributed by atoms with E-state index in [1.807, 2.05) is 13.0 Å². The highest BCUT2D eigenvalue weighted by molar-refractivity contribution is 6.02. The summed E-state index contributed by atoms with van der Waals surface area (Å²) in [4.78, 5) is 69.8. The summed E-state index contributed by atoms with van der Waals surface area (Å²) in [5.74, 6) is -2.05. The van der Waals surface area contributed by atoms with Gasteiger partial charge in [-0.2, -0.15) is 0 Å². The molecule has 1 unspecified atom stereocenters. The molecule has 2 aliphatic heterocycles. The molecule has 5 rings (SSSR count). The molecule has 220 valence electrons. The van der Waals surface area contributed by atoms with Gasteiger partial charge in [0.05, 0.1) is 18.7 Å². The standard InChI is InChI=1S/C31H34N4O7/c1-17-7-9-19(10-8-17)31(40)42-16-26(36)25(14-20-11-12-32-28(20)37)35-18(2)13-24(30(35)39)34-29(38)23-15-21-22(33-23)5-4-6-27(21)41-3/h4-10,15,18,20,24-25,33H,11-14,16H2,1-3H3,(H,32,37)(H,34,38)/t18?,20-,24-,25-/m0/s1. The molecule has 3 aromatic rings. The monoisotopic (exact) mass is 574 g/mol. The van der Waals surface area contributed by atoms with Gasteiger partial charge in [-0.05, 0) is 63.4 Å². The van der Waals surface area contributed by atoms with Crippen molar-refractivity contribution < 1.29 is 33.4 Å². The molecule has 2 saturated heterocycles. The van der Waals surface area contributed by atoms with E-state index in [0.29, 0.717) is 29.8 Å². The maximum Gasteiger partial charge on any atom is 0.338 e. The molecule has 0 radical (unpaired) electrons. The van der Waals surface area contributed by atoms with Gasteiger partial charge in [0.1, 0.15) is 17.5 Å². The molecule has 1 aromatic heterocycles. The topological polar surface area (TPSA) is 147 Å². The summed E-state index contributed by atoms with van der Waals surface area (Å²) >= 11 is 0. The van der Waals surface area contributed by atoms with Gasteiger partial charge in [-0.3, -0.25) is 19.2 Å². The molecule has 0 spiro atoms. The number of Topliss-reactive ketones (excluding diaryl/α,β-unsaturated/α-hetero) is 1. The lowest BCUT2D eigenvalue weighted by Gasteiger charge is -2.31. The van der Waals surface area contributed by atoms with Crippen molar-refractivity contribution in [2.75, 3.05) is 20.3 Å². The number of hydrogen-bond acceptors (Lipinski definition) is 7. The van der Waals surface area contributed by atoms with Crippen molar-refractivity contribution in [3.05, 3.63) is 65.4 Å². The molecule has 42 heavy (non-hydrogen) atoms. The zero-order valence-corrected chi connectivity index (χ0v) is 23.8. The van der Waals surface area contributed by atoms with Gasteiger partial charge in [0, 0.05) is 29.4 Å². The number of carbonyl (C=O) groups is 5. The largest absolute Gasteiger partial charge is 0.496 e. The van der Waals surface area contributed by atoms with Crippen LogP contribution in [0.1, 0.15) is 52.6 Å². The average Bonchev–Trinajstić information content (AvgIpc) is 3.67. The number of aromatic nitrogens is 1. The van der Waals surface area contributed by atoms with E-state index >= 15 is 0 Å². The van der Waals surface area contributed by atoms with Crippen molar-refractivity contribution in [2.45, 2.75) is 51.2 Å². The summed E-state index contributed by atoms with van der Waals surface area (Å²) < 4.78 is 10.7. The number of hydrogen-bond donors (Lipinski definition) is 3. The zero-order chi connectivity index (χ0) is 30.0. The van der Waals surface area contributed by atoms with E-state index < -0.39 is 54.2 Å². The number of methoxy groups -OCH3 is 1. The average molecular weight is 575 g/mol. The van der Waals surface area contributed by atoms with Gasteiger partial charge in [0.15, 0.2) is 12.4 Å². The van der Waals surface area contributed by atoms with Crippen LogP contribution in [-0.2, 0) is 19.1 Å². The number of ketones is 1. The number of likely N-dealkylation sites (tertiary alicyclic amines) is 1. The van der Waals surface area contributed by atoms with Gasteiger partial charge in [0.2, 0.25) is 11.8 Å². The maximum absolute atomic E-state index is 13.7. The molecule has 11 heteroatoms. The predicted molar refractivity (Wildman–Crippen MR) is 153 cm³/mol. The molecule has 2 fully saturated rings. The fourth-order valence-electron chi connectivity index (χ4n) is 5.74. The third-order valence-corrected chi connectivity index (χ3v) is 8.01. The van der Waals surface area contributed by atoms with E-state index in [1.54, 1.807) is 56.5 Å². The van der Waals surface area contributed by atoms with Crippen molar-refractivity contribution >= 4 is 40.4 Å². The molecule has 3 amide bonds. The van der Waals surface area contributed by atoms with Crippen LogP contribution in [0, 0.1) is 12.8 Å². The predicted octanol–water partition coefficient (Wildman–Crippen LogP) is 2.53. The van der Waals surface area contributed by atoms with Crippen molar-refractivity contribution in [3.63, 3.8) is 0 Å². The molecule has 3 N–H and O–H groups in total. The number of amides is 3. The van der Waals surface area contributed by atoms with Crippen molar-refractivity contribution in [2.24, 2.45) is 5.92 Å². The number of aryl methyl sites for hydroxylation is 1. The van der Waals surface area contributed by atoms with Gasteiger partial charge in [-0.1, -0.05) is 23.8 Å². The third kappa shape index (κ3) is 5.86. The first-order valence-corrected chi connectivity index (χ1v) is 14.0. The van der Waals surface area contributed by atoms with Crippen molar-refractivity contribution in [1.29, 1.82) is 0 Å². The molecule has 2 aromatic carbocycles. The Hall–Kier alpha value is -4.67. The number of fused-ring (bicyclic) bond motifs is 1. The zero-order valence-electron chi connectivity index (χ0n) is 23.8. The van der Waals surface area contributed by atoms with Gasteiger partial charge in [-0.25, -0.2) is 4.79 Å².